The zero-order valence-corrected chi connectivity index (χ0v) is 12.1. The summed E-state index contributed by atoms with van der Waals surface area (Å²) in [5, 5.41) is 0.842. The lowest BCUT2D eigenvalue weighted by Gasteiger charge is -2.27. The first kappa shape index (κ1) is 13.0. The highest BCUT2D eigenvalue weighted by Crippen LogP contribution is 2.40. The summed E-state index contributed by atoms with van der Waals surface area (Å²) in [6.07, 6.45) is 0.747. The molecule has 1 aromatic rings. The van der Waals surface area contributed by atoms with Gasteiger partial charge in [0.25, 0.3) is 5.56 Å². The average Bonchev–Trinajstić information content (AvgIpc) is 2.29. The molecule has 1 fully saturated rings. The van der Waals surface area contributed by atoms with Crippen LogP contribution < -0.4 is 5.56 Å². The van der Waals surface area contributed by atoms with Gasteiger partial charge < -0.3 is 4.98 Å². The van der Waals surface area contributed by atoms with Crippen molar-refractivity contribution in [2.24, 2.45) is 0 Å². The van der Waals surface area contributed by atoms with Crippen LogP contribution in [0.25, 0.3) is 0 Å². The molecule has 1 aliphatic heterocycles. The monoisotopic (exact) mass is 270 g/mol. The van der Waals surface area contributed by atoms with Gasteiger partial charge in [0.2, 0.25) is 0 Å². The van der Waals surface area contributed by atoms with E-state index in [1.807, 2.05) is 37.4 Å². The van der Waals surface area contributed by atoms with Crippen LogP contribution in [-0.2, 0) is 6.42 Å². The predicted octanol–water partition coefficient (Wildman–Crippen LogP) is 2.55. The van der Waals surface area contributed by atoms with E-state index in [0.29, 0.717) is 10.5 Å². The molecule has 3 nitrogen and oxygen atoms in total. The molecule has 2 atom stereocenters. The van der Waals surface area contributed by atoms with Gasteiger partial charge in [-0.1, -0.05) is 13.8 Å². The molecule has 17 heavy (non-hydrogen) atoms. The predicted molar refractivity (Wildman–Crippen MR) is 76.1 cm³/mol. The fraction of sp³-hybridized carbons (Fsp3) is 0.667. The summed E-state index contributed by atoms with van der Waals surface area (Å²) >= 11 is 3.86. The molecule has 0 bridgehead atoms. The molecule has 2 heterocycles. The van der Waals surface area contributed by atoms with E-state index >= 15 is 0 Å². The van der Waals surface area contributed by atoms with Crippen LogP contribution in [0.2, 0.25) is 0 Å². The second kappa shape index (κ2) is 5.48. The van der Waals surface area contributed by atoms with Crippen LogP contribution >= 0.6 is 23.5 Å². The van der Waals surface area contributed by atoms with Gasteiger partial charge in [0.15, 0.2) is 0 Å². The van der Waals surface area contributed by atoms with Crippen LogP contribution in [-0.4, -0.2) is 26.7 Å². The molecule has 5 heteroatoms. The normalized spacial score (nSPS) is 24.9. The summed E-state index contributed by atoms with van der Waals surface area (Å²) in [5.74, 6) is 3.19. The van der Waals surface area contributed by atoms with Crippen molar-refractivity contribution in [3.63, 3.8) is 0 Å². The van der Waals surface area contributed by atoms with E-state index in [2.05, 4.69) is 16.9 Å². The van der Waals surface area contributed by atoms with Crippen molar-refractivity contribution in [3.8, 4) is 0 Å². The zero-order chi connectivity index (χ0) is 12.4. The Morgan fingerprint density at radius 2 is 2.12 bits per heavy atom. The highest BCUT2D eigenvalue weighted by Gasteiger charge is 2.26. The van der Waals surface area contributed by atoms with Gasteiger partial charge in [-0.3, -0.25) is 4.79 Å². The molecule has 2 unspecified atom stereocenters. The van der Waals surface area contributed by atoms with Crippen molar-refractivity contribution in [2.75, 3.05) is 11.5 Å². The van der Waals surface area contributed by atoms with E-state index in [9.17, 15) is 4.79 Å². The molecule has 94 valence electrons. The zero-order valence-electron chi connectivity index (χ0n) is 10.4. The Labute approximate surface area is 110 Å². The Morgan fingerprint density at radius 1 is 1.41 bits per heavy atom. The molecule has 1 N–H and O–H groups in total. The van der Waals surface area contributed by atoms with Crippen molar-refractivity contribution >= 4 is 23.5 Å². The third-order valence-electron chi connectivity index (χ3n) is 3.05. The van der Waals surface area contributed by atoms with Gasteiger partial charge >= 0.3 is 0 Å². The van der Waals surface area contributed by atoms with Gasteiger partial charge in [-0.05, 0) is 13.3 Å². The first-order valence-electron chi connectivity index (χ1n) is 5.96. The third kappa shape index (κ3) is 2.71. The Hall–Kier alpha value is -0.420. The minimum atomic E-state index is 0.0402. The molecular formula is C12H18N2OS2. The van der Waals surface area contributed by atoms with Crippen LogP contribution in [0, 0.1) is 6.92 Å². The molecule has 0 saturated carbocycles. The highest BCUT2D eigenvalue weighted by atomic mass is 32.2. The number of nitrogens with one attached hydrogen (secondary N) is 1. The lowest BCUT2D eigenvalue weighted by atomic mass is 10.2. The molecule has 0 aliphatic carbocycles. The third-order valence-corrected chi connectivity index (χ3v) is 6.15. The van der Waals surface area contributed by atoms with Crippen LogP contribution in [0.3, 0.4) is 0 Å². The van der Waals surface area contributed by atoms with Crippen LogP contribution in [0.5, 0.6) is 0 Å². The number of aromatic nitrogens is 2. The fourth-order valence-electron chi connectivity index (χ4n) is 2.12. The second-order valence-corrected chi connectivity index (χ2v) is 6.97. The Bertz CT molecular complexity index is 458. The van der Waals surface area contributed by atoms with Gasteiger partial charge in [-0.2, -0.15) is 11.8 Å². The average molecular weight is 270 g/mol. The minimum absolute atomic E-state index is 0.0402. The van der Waals surface area contributed by atoms with E-state index in [-0.39, 0.29) is 5.56 Å². The largest absolute Gasteiger partial charge is 0.309 e. The van der Waals surface area contributed by atoms with Crippen molar-refractivity contribution in [1.82, 2.24) is 9.97 Å². The maximum atomic E-state index is 11.9. The first-order chi connectivity index (χ1) is 8.13. The minimum Gasteiger partial charge on any atom is -0.309 e. The summed E-state index contributed by atoms with van der Waals surface area (Å²) in [7, 11) is 0. The van der Waals surface area contributed by atoms with Gasteiger partial charge in [0.05, 0.1) is 5.25 Å². The van der Waals surface area contributed by atoms with E-state index < -0.39 is 0 Å². The van der Waals surface area contributed by atoms with Crippen molar-refractivity contribution in [2.45, 2.75) is 37.7 Å². The molecule has 0 aromatic carbocycles. The topological polar surface area (TPSA) is 45.8 Å². The number of nitrogens with zero attached hydrogens (tertiary/aromatic N) is 1. The quantitative estimate of drug-likeness (QED) is 0.897. The maximum absolute atomic E-state index is 11.9. The summed E-state index contributed by atoms with van der Waals surface area (Å²) in [6, 6.07) is 0. The molecule has 1 aromatic heterocycles. The molecule has 0 radical (unpaired) electrons. The van der Waals surface area contributed by atoms with Crippen LogP contribution in [0.15, 0.2) is 4.79 Å². The van der Waals surface area contributed by atoms with Gasteiger partial charge in [0, 0.05) is 28.0 Å². The number of aryl methyl sites for hydroxylation is 1. The fourth-order valence-corrected chi connectivity index (χ4v) is 4.83. The Morgan fingerprint density at radius 3 is 2.71 bits per heavy atom. The van der Waals surface area contributed by atoms with Gasteiger partial charge in [-0.15, -0.1) is 11.8 Å². The number of rotatable bonds is 2. The summed E-state index contributed by atoms with van der Waals surface area (Å²) in [6.45, 7) is 6.14. The standard InChI is InChI=1S/C12H18N2OS2/c1-4-9-7(2)13-11(14-12(9)15)10-8(3)16-5-6-17-10/h8,10H,4-6H2,1-3H3,(H,13,14,15). The van der Waals surface area contributed by atoms with Crippen LogP contribution in [0.4, 0.5) is 0 Å². The number of hydrogen-bond donors (Lipinski definition) is 1. The smallest absolute Gasteiger partial charge is 0.254 e. The first-order valence-corrected chi connectivity index (χ1v) is 8.06. The van der Waals surface area contributed by atoms with Crippen molar-refractivity contribution in [3.05, 3.63) is 27.4 Å². The molecule has 0 amide bonds. The maximum Gasteiger partial charge on any atom is 0.254 e. The molecule has 0 spiro atoms. The van der Waals surface area contributed by atoms with Crippen molar-refractivity contribution in [1.29, 1.82) is 0 Å². The molecule has 1 saturated heterocycles. The van der Waals surface area contributed by atoms with Crippen molar-refractivity contribution < 1.29 is 0 Å². The Kier molecular flexibility index (Phi) is 4.20. The Balaban J connectivity index is 2.36. The summed E-state index contributed by atoms with van der Waals surface area (Å²) < 4.78 is 0. The number of aromatic amines is 1. The van der Waals surface area contributed by atoms with E-state index in [1.165, 1.54) is 5.75 Å². The van der Waals surface area contributed by atoms with E-state index in [4.69, 9.17) is 0 Å². The summed E-state index contributed by atoms with van der Waals surface area (Å²) in [5.41, 5.74) is 1.74. The number of thioether (sulfide) groups is 2. The number of hydrogen-bond acceptors (Lipinski definition) is 4. The SMILES string of the molecule is CCc1c(C)nc(C2SCCSC2C)[nH]c1=O. The highest BCUT2D eigenvalue weighted by molar-refractivity contribution is 8.06. The summed E-state index contributed by atoms with van der Waals surface area (Å²) in [4.78, 5) is 19.5. The molecule has 1 aliphatic rings. The van der Waals surface area contributed by atoms with Gasteiger partial charge in [-0.25, -0.2) is 4.98 Å². The lowest BCUT2D eigenvalue weighted by molar-refractivity contribution is 0.791. The molecular weight excluding hydrogens is 252 g/mol. The number of H-pyrrole nitrogens is 1. The lowest BCUT2D eigenvalue weighted by Crippen LogP contribution is -2.24. The van der Waals surface area contributed by atoms with E-state index in [0.717, 1.165) is 29.3 Å². The second-order valence-electron chi connectivity index (χ2n) is 4.24. The van der Waals surface area contributed by atoms with Gasteiger partial charge in [0.1, 0.15) is 5.82 Å². The van der Waals surface area contributed by atoms with Crippen LogP contribution in [0.1, 0.15) is 36.2 Å². The van der Waals surface area contributed by atoms with E-state index in [1.54, 1.807) is 0 Å². The molecule has 2 rings (SSSR count).